The van der Waals surface area contributed by atoms with E-state index in [9.17, 15) is 0 Å². The first-order valence-corrected chi connectivity index (χ1v) is 5.06. The lowest BCUT2D eigenvalue weighted by Gasteiger charge is -2.04. The van der Waals surface area contributed by atoms with Crippen molar-refractivity contribution in [3.63, 3.8) is 0 Å². The Balaban J connectivity index is 2.51. The zero-order valence-electron chi connectivity index (χ0n) is 9.25. The van der Waals surface area contributed by atoms with Gasteiger partial charge in [-0.3, -0.25) is 0 Å². The minimum Gasteiger partial charge on any atom is -0.309 e. The third kappa shape index (κ3) is 3.97. The molecule has 1 aromatic rings. The molecule has 1 aromatic carbocycles. The number of nitrogens with one attached hydrogen (secondary N) is 1. The molecule has 0 spiro atoms. The molecule has 2 heteroatoms. The molecule has 15 heavy (non-hydrogen) atoms. The Hall–Kier alpha value is -1.59. The zero-order valence-corrected chi connectivity index (χ0v) is 9.25. The van der Waals surface area contributed by atoms with Gasteiger partial charge in [0.25, 0.3) is 0 Å². The predicted octanol–water partition coefficient (Wildman–Crippen LogP) is 2.61. The van der Waals surface area contributed by atoms with E-state index < -0.39 is 0 Å². The fourth-order valence-corrected chi connectivity index (χ4v) is 1.27. The highest BCUT2D eigenvalue weighted by molar-refractivity contribution is 5.37. The number of benzene rings is 1. The molecule has 0 heterocycles. The second kappa shape index (κ2) is 6.00. The molecule has 78 valence electrons. The summed E-state index contributed by atoms with van der Waals surface area (Å²) in [5.41, 5.74) is 3.11. The standard InChI is InChI=1S/C13H16N2/c1-11(2)7-8-15-10-13-6-4-3-5-12(13)9-14/h3-7,15H,8,10H2,1-2H3. The Labute approximate surface area is 91.2 Å². The van der Waals surface area contributed by atoms with E-state index in [4.69, 9.17) is 5.26 Å². The van der Waals surface area contributed by atoms with E-state index in [1.807, 2.05) is 24.3 Å². The second-order valence-electron chi connectivity index (χ2n) is 3.68. The van der Waals surface area contributed by atoms with Crippen LogP contribution in [0, 0.1) is 11.3 Å². The Morgan fingerprint density at radius 2 is 2.13 bits per heavy atom. The summed E-state index contributed by atoms with van der Waals surface area (Å²) in [5.74, 6) is 0. The Kier molecular flexibility index (Phi) is 4.59. The highest BCUT2D eigenvalue weighted by atomic mass is 14.8. The van der Waals surface area contributed by atoms with E-state index in [1.54, 1.807) is 0 Å². The van der Waals surface area contributed by atoms with Crippen LogP contribution in [0.4, 0.5) is 0 Å². The minimum absolute atomic E-state index is 0.744. The van der Waals surface area contributed by atoms with Crippen molar-refractivity contribution in [1.82, 2.24) is 5.32 Å². The van der Waals surface area contributed by atoms with Gasteiger partial charge in [0, 0.05) is 13.1 Å². The summed E-state index contributed by atoms with van der Waals surface area (Å²) in [6, 6.07) is 9.86. The topological polar surface area (TPSA) is 35.8 Å². The lowest BCUT2D eigenvalue weighted by Crippen LogP contribution is -2.13. The minimum atomic E-state index is 0.744. The number of hydrogen-bond donors (Lipinski definition) is 1. The number of nitriles is 1. The largest absolute Gasteiger partial charge is 0.309 e. The van der Waals surface area contributed by atoms with Crippen molar-refractivity contribution in [2.45, 2.75) is 20.4 Å². The molecule has 0 bridgehead atoms. The molecule has 0 unspecified atom stereocenters. The van der Waals surface area contributed by atoms with Crippen LogP contribution in [0.5, 0.6) is 0 Å². The van der Waals surface area contributed by atoms with Gasteiger partial charge >= 0.3 is 0 Å². The molecule has 0 radical (unpaired) electrons. The average Bonchev–Trinajstić information content (AvgIpc) is 2.24. The average molecular weight is 200 g/mol. The first-order chi connectivity index (χ1) is 7.24. The van der Waals surface area contributed by atoms with Crippen molar-refractivity contribution < 1.29 is 0 Å². The van der Waals surface area contributed by atoms with E-state index in [0.717, 1.165) is 24.2 Å². The summed E-state index contributed by atoms with van der Waals surface area (Å²) in [6.07, 6.45) is 2.13. The molecular weight excluding hydrogens is 184 g/mol. The normalized spacial score (nSPS) is 9.40. The molecule has 0 amide bonds. The van der Waals surface area contributed by atoms with Crippen molar-refractivity contribution in [3.8, 4) is 6.07 Å². The van der Waals surface area contributed by atoms with Gasteiger partial charge in [-0.1, -0.05) is 29.8 Å². The maximum absolute atomic E-state index is 8.87. The van der Waals surface area contributed by atoms with Crippen molar-refractivity contribution in [2.24, 2.45) is 0 Å². The van der Waals surface area contributed by atoms with Crippen LogP contribution in [0.1, 0.15) is 25.0 Å². The van der Waals surface area contributed by atoms with E-state index >= 15 is 0 Å². The monoisotopic (exact) mass is 200 g/mol. The predicted molar refractivity (Wildman–Crippen MR) is 62.3 cm³/mol. The van der Waals surface area contributed by atoms with Crippen molar-refractivity contribution >= 4 is 0 Å². The van der Waals surface area contributed by atoms with Gasteiger partial charge in [0.05, 0.1) is 11.6 Å². The molecule has 0 aliphatic rings. The Bertz CT molecular complexity index is 382. The van der Waals surface area contributed by atoms with Crippen LogP contribution in [-0.4, -0.2) is 6.54 Å². The van der Waals surface area contributed by atoms with E-state index in [2.05, 4.69) is 31.3 Å². The molecule has 2 nitrogen and oxygen atoms in total. The summed E-state index contributed by atoms with van der Waals surface area (Å²) < 4.78 is 0. The molecule has 1 rings (SSSR count). The van der Waals surface area contributed by atoms with Gasteiger partial charge in [-0.15, -0.1) is 0 Å². The molecule has 0 aliphatic heterocycles. The smallest absolute Gasteiger partial charge is 0.0995 e. The van der Waals surface area contributed by atoms with Gasteiger partial charge in [-0.05, 0) is 25.5 Å². The van der Waals surface area contributed by atoms with E-state index in [0.29, 0.717) is 0 Å². The van der Waals surface area contributed by atoms with Gasteiger partial charge in [0.2, 0.25) is 0 Å². The fourth-order valence-electron chi connectivity index (χ4n) is 1.27. The van der Waals surface area contributed by atoms with Crippen LogP contribution in [0.3, 0.4) is 0 Å². The van der Waals surface area contributed by atoms with Crippen LogP contribution < -0.4 is 5.32 Å². The molecule has 0 saturated heterocycles. The summed E-state index contributed by atoms with van der Waals surface area (Å²) in [7, 11) is 0. The summed E-state index contributed by atoms with van der Waals surface area (Å²) in [4.78, 5) is 0. The van der Waals surface area contributed by atoms with E-state index in [-0.39, 0.29) is 0 Å². The van der Waals surface area contributed by atoms with Crippen molar-refractivity contribution in [2.75, 3.05) is 6.54 Å². The van der Waals surface area contributed by atoms with E-state index in [1.165, 1.54) is 5.57 Å². The first-order valence-electron chi connectivity index (χ1n) is 5.06. The van der Waals surface area contributed by atoms with Gasteiger partial charge in [-0.25, -0.2) is 0 Å². The van der Waals surface area contributed by atoms with Crippen LogP contribution in [0.15, 0.2) is 35.9 Å². The summed E-state index contributed by atoms with van der Waals surface area (Å²) >= 11 is 0. The van der Waals surface area contributed by atoms with Gasteiger partial charge in [0.1, 0.15) is 0 Å². The first kappa shape index (κ1) is 11.5. The molecule has 0 fully saturated rings. The molecular formula is C13H16N2. The number of nitrogens with zero attached hydrogens (tertiary/aromatic N) is 1. The third-order valence-electron chi connectivity index (χ3n) is 2.11. The number of hydrogen-bond acceptors (Lipinski definition) is 2. The fraction of sp³-hybridized carbons (Fsp3) is 0.308. The van der Waals surface area contributed by atoms with Crippen molar-refractivity contribution in [1.29, 1.82) is 5.26 Å². The van der Waals surface area contributed by atoms with Gasteiger partial charge in [0.15, 0.2) is 0 Å². The Morgan fingerprint density at radius 3 is 2.80 bits per heavy atom. The second-order valence-corrected chi connectivity index (χ2v) is 3.68. The molecule has 0 aliphatic carbocycles. The molecule has 0 atom stereocenters. The molecule has 0 aromatic heterocycles. The summed E-state index contributed by atoms with van der Waals surface area (Å²) in [5, 5.41) is 12.2. The van der Waals surface area contributed by atoms with Crippen molar-refractivity contribution in [3.05, 3.63) is 47.0 Å². The highest BCUT2D eigenvalue weighted by Gasteiger charge is 1.98. The maximum atomic E-state index is 8.87. The number of rotatable bonds is 4. The summed E-state index contributed by atoms with van der Waals surface area (Å²) in [6.45, 7) is 5.74. The molecule has 0 saturated carbocycles. The van der Waals surface area contributed by atoms with Crippen LogP contribution in [0.25, 0.3) is 0 Å². The zero-order chi connectivity index (χ0) is 11.1. The molecule has 1 N–H and O–H groups in total. The van der Waals surface area contributed by atoms with Crippen LogP contribution in [0.2, 0.25) is 0 Å². The highest BCUT2D eigenvalue weighted by Crippen LogP contribution is 2.06. The maximum Gasteiger partial charge on any atom is 0.0995 e. The van der Waals surface area contributed by atoms with Crippen LogP contribution >= 0.6 is 0 Å². The van der Waals surface area contributed by atoms with Crippen LogP contribution in [-0.2, 0) is 6.54 Å². The lowest BCUT2D eigenvalue weighted by molar-refractivity contribution is 0.755. The van der Waals surface area contributed by atoms with Gasteiger partial charge < -0.3 is 5.32 Å². The lowest BCUT2D eigenvalue weighted by atomic mass is 10.1. The SMILES string of the molecule is CC(C)=CCNCc1ccccc1C#N. The third-order valence-corrected chi connectivity index (χ3v) is 2.11. The van der Waals surface area contributed by atoms with Gasteiger partial charge in [-0.2, -0.15) is 5.26 Å². The quantitative estimate of drug-likeness (QED) is 0.599. The Morgan fingerprint density at radius 1 is 1.40 bits per heavy atom. The number of allylic oxidation sites excluding steroid dienone is 1.